The van der Waals surface area contributed by atoms with E-state index in [-0.39, 0.29) is 11.8 Å². The smallest absolute Gasteiger partial charge is 0.149 e. The zero-order valence-electron chi connectivity index (χ0n) is 9.19. The van der Waals surface area contributed by atoms with Gasteiger partial charge in [0, 0.05) is 24.7 Å². The summed E-state index contributed by atoms with van der Waals surface area (Å²) in [5.74, 6) is 0.0919. The van der Waals surface area contributed by atoms with Crippen LogP contribution in [0.4, 0.5) is 0 Å². The Labute approximate surface area is 90.7 Å². The van der Waals surface area contributed by atoms with Gasteiger partial charge in [-0.25, -0.2) is 8.42 Å². The highest BCUT2D eigenvalue weighted by Gasteiger charge is 2.15. The molecule has 0 radical (unpaired) electrons. The van der Waals surface area contributed by atoms with Crippen LogP contribution in [0, 0.1) is 6.92 Å². The van der Waals surface area contributed by atoms with E-state index >= 15 is 0 Å². The number of aromatic nitrogens is 1. The van der Waals surface area contributed by atoms with Crippen LogP contribution in [0.15, 0.2) is 18.5 Å². The van der Waals surface area contributed by atoms with E-state index < -0.39 is 9.84 Å². The fourth-order valence-corrected chi connectivity index (χ4v) is 2.38. The SMILES string of the molecule is CNC(CS(C)(=O)=O)c1cncc(C)c1. The maximum absolute atomic E-state index is 11.2. The predicted octanol–water partition coefficient (Wildman–Crippen LogP) is 0.695. The molecule has 1 N–H and O–H groups in total. The highest BCUT2D eigenvalue weighted by atomic mass is 32.2. The molecule has 0 aliphatic carbocycles. The highest BCUT2D eigenvalue weighted by molar-refractivity contribution is 7.90. The first-order chi connectivity index (χ1) is 6.92. The Balaban J connectivity index is 2.93. The molecule has 0 aliphatic heterocycles. The van der Waals surface area contributed by atoms with Crippen LogP contribution in [0.3, 0.4) is 0 Å². The van der Waals surface area contributed by atoms with E-state index in [9.17, 15) is 8.42 Å². The minimum atomic E-state index is -2.99. The molecule has 0 aromatic carbocycles. The van der Waals surface area contributed by atoms with Crippen molar-refractivity contribution < 1.29 is 8.42 Å². The van der Waals surface area contributed by atoms with Gasteiger partial charge in [-0.15, -0.1) is 0 Å². The Morgan fingerprint density at radius 3 is 2.60 bits per heavy atom. The van der Waals surface area contributed by atoms with Crippen molar-refractivity contribution >= 4 is 9.84 Å². The lowest BCUT2D eigenvalue weighted by Gasteiger charge is -2.15. The summed E-state index contributed by atoms with van der Waals surface area (Å²) in [5.41, 5.74) is 1.93. The maximum atomic E-state index is 11.2. The third-order valence-electron chi connectivity index (χ3n) is 2.12. The number of hydrogen-bond donors (Lipinski definition) is 1. The van der Waals surface area contributed by atoms with Gasteiger partial charge in [0.1, 0.15) is 9.84 Å². The molecule has 5 heteroatoms. The average molecular weight is 228 g/mol. The van der Waals surface area contributed by atoms with Gasteiger partial charge < -0.3 is 5.32 Å². The van der Waals surface area contributed by atoms with Crippen molar-refractivity contribution in [3.63, 3.8) is 0 Å². The lowest BCUT2D eigenvalue weighted by atomic mass is 10.1. The lowest BCUT2D eigenvalue weighted by molar-refractivity contribution is 0.579. The second-order valence-corrected chi connectivity index (χ2v) is 5.91. The maximum Gasteiger partial charge on any atom is 0.149 e. The van der Waals surface area contributed by atoms with Gasteiger partial charge in [-0.1, -0.05) is 6.07 Å². The molecule has 0 saturated heterocycles. The van der Waals surface area contributed by atoms with Crippen molar-refractivity contribution in [2.75, 3.05) is 19.1 Å². The average Bonchev–Trinajstić information content (AvgIpc) is 2.13. The number of sulfone groups is 1. The zero-order chi connectivity index (χ0) is 11.5. The molecule has 0 saturated carbocycles. The second kappa shape index (κ2) is 4.72. The van der Waals surface area contributed by atoms with Gasteiger partial charge in [-0.2, -0.15) is 0 Å². The molecule has 4 nitrogen and oxygen atoms in total. The number of pyridine rings is 1. The molecule has 0 aliphatic rings. The molecule has 1 aromatic rings. The summed E-state index contributed by atoms with van der Waals surface area (Å²) >= 11 is 0. The summed E-state index contributed by atoms with van der Waals surface area (Å²) in [5, 5.41) is 2.98. The molecule has 0 fully saturated rings. The molecule has 0 spiro atoms. The normalized spacial score (nSPS) is 13.8. The van der Waals surface area contributed by atoms with E-state index in [1.807, 2.05) is 13.0 Å². The van der Waals surface area contributed by atoms with Crippen molar-refractivity contribution in [1.82, 2.24) is 10.3 Å². The highest BCUT2D eigenvalue weighted by Crippen LogP contribution is 2.14. The molecule has 84 valence electrons. The van der Waals surface area contributed by atoms with Crippen molar-refractivity contribution in [2.45, 2.75) is 13.0 Å². The number of nitrogens with one attached hydrogen (secondary N) is 1. The molecule has 0 bridgehead atoms. The van der Waals surface area contributed by atoms with E-state index in [2.05, 4.69) is 10.3 Å². The molecule has 1 atom stereocenters. The first-order valence-electron chi connectivity index (χ1n) is 4.69. The third-order valence-corrected chi connectivity index (χ3v) is 3.06. The molecule has 1 aromatic heterocycles. The molecule has 15 heavy (non-hydrogen) atoms. The quantitative estimate of drug-likeness (QED) is 0.824. The Hall–Kier alpha value is -0.940. The molecule has 1 heterocycles. The van der Waals surface area contributed by atoms with Crippen LogP contribution in [0.25, 0.3) is 0 Å². The predicted molar refractivity (Wildman–Crippen MR) is 60.5 cm³/mol. The topological polar surface area (TPSA) is 59.1 Å². The summed E-state index contributed by atoms with van der Waals surface area (Å²) in [4.78, 5) is 4.05. The first kappa shape index (κ1) is 12.1. The van der Waals surface area contributed by atoms with Crippen LogP contribution in [-0.2, 0) is 9.84 Å². The second-order valence-electron chi connectivity index (χ2n) is 3.73. The first-order valence-corrected chi connectivity index (χ1v) is 6.75. The van der Waals surface area contributed by atoms with Crippen LogP contribution in [0.2, 0.25) is 0 Å². The molecular weight excluding hydrogens is 212 g/mol. The minimum Gasteiger partial charge on any atom is -0.312 e. The van der Waals surface area contributed by atoms with E-state index in [1.165, 1.54) is 6.26 Å². The Morgan fingerprint density at radius 2 is 2.13 bits per heavy atom. The third kappa shape index (κ3) is 3.97. The van der Waals surface area contributed by atoms with Gasteiger partial charge in [-0.05, 0) is 25.1 Å². The van der Waals surface area contributed by atoms with Crippen LogP contribution in [-0.4, -0.2) is 32.5 Å². The van der Waals surface area contributed by atoms with Crippen LogP contribution in [0.1, 0.15) is 17.2 Å². The number of nitrogens with zero attached hydrogens (tertiary/aromatic N) is 1. The van der Waals surface area contributed by atoms with E-state index in [4.69, 9.17) is 0 Å². The van der Waals surface area contributed by atoms with Crippen molar-refractivity contribution in [3.8, 4) is 0 Å². The van der Waals surface area contributed by atoms with Gasteiger partial charge in [0.25, 0.3) is 0 Å². The summed E-state index contributed by atoms with van der Waals surface area (Å²) in [7, 11) is -1.24. The van der Waals surface area contributed by atoms with Gasteiger partial charge >= 0.3 is 0 Å². The zero-order valence-corrected chi connectivity index (χ0v) is 10.0. The van der Waals surface area contributed by atoms with E-state index in [0.29, 0.717) is 0 Å². The van der Waals surface area contributed by atoms with Gasteiger partial charge in [0.2, 0.25) is 0 Å². The van der Waals surface area contributed by atoms with Crippen LogP contribution < -0.4 is 5.32 Å². The fraction of sp³-hybridized carbons (Fsp3) is 0.500. The van der Waals surface area contributed by atoms with Gasteiger partial charge in [0.15, 0.2) is 0 Å². The van der Waals surface area contributed by atoms with Crippen molar-refractivity contribution in [3.05, 3.63) is 29.6 Å². The molecule has 1 unspecified atom stereocenters. The van der Waals surface area contributed by atoms with E-state index in [0.717, 1.165) is 11.1 Å². The fourth-order valence-electron chi connectivity index (χ4n) is 1.42. The van der Waals surface area contributed by atoms with Gasteiger partial charge in [0.05, 0.1) is 5.75 Å². The van der Waals surface area contributed by atoms with Crippen molar-refractivity contribution in [2.24, 2.45) is 0 Å². The minimum absolute atomic E-state index is 0.0919. The van der Waals surface area contributed by atoms with Crippen LogP contribution >= 0.6 is 0 Å². The lowest BCUT2D eigenvalue weighted by Crippen LogP contribution is -2.24. The number of hydrogen-bond acceptors (Lipinski definition) is 4. The number of rotatable bonds is 4. The Bertz CT molecular complexity index is 429. The largest absolute Gasteiger partial charge is 0.312 e. The summed E-state index contributed by atoms with van der Waals surface area (Å²) in [6.45, 7) is 1.93. The monoisotopic (exact) mass is 228 g/mol. The van der Waals surface area contributed by atoms with Crippen LogP contribution in [0.5, 0.6) is 0 Å². The Morgan fingerprint density at radius 1 is 1.47 bits per heavy atom. The summed E-state index contributed by atoms with van der Waals surface area (Å²) in [6.07, 6.45) is 4.68. The number of aryl methyl sites for hydroxylation is 1. The standard InChI is InChI=1S/C10H16N2O2S/c1-8-4-9(6-12-5-8)10(11-2)7-15(3,13)14/h4-6,10-11H,7H2,1-3H3. The van der Waals surface area contributed by atoms with Crippen molar-refractivity contribution in [1.29, 1.82) is 0 Å². The summed E-state index contributed by atoms with van der Waals surface area (Å²) < 4.78 is 22.4. The Kier molecular flexibility index (Phi) is 3.82. The van der Waals surface area contributed by atoms with Gasteiger partial charge in [-0.3, -0.25) is 4.98 Å². The molecule has 1 rings (SSSR count). The summed E-state index contributed by atoms with van der Waals surface area (Å²) in [6, 6.07) is 1.76. The molecular formula is C10H16N2O2S. The van der Waals surface area contributed by atoms with E-state index in [1.54, 1.807) is 19.4 Å². The molecule has 0 amide bonds.